The summed E-state index contributed by atoms with van der Waals surface area (Å²) in [6, 6.07) is 10.9. The summed E-state index contributed by atoms with van der Waals surface area (Å²) in [5, 5.41) is 1.45. The van der Waals surface area contributed by atoms with Crippen LogP contribution in [-0.2, 0) is 6.54 Å². The Morgan fingerprint density at radius 1 is 0.968 bits per heavy atom. The summed E-state index contributed by atoms with van der Waals surface area (Å²) in [4.78, 5) is 17.0. The van der Waals surface area contributed by atoms with E-state index in [1.54, 1.807) is 45.6 Å². The third-order valence-corrected chi connectivity index (χ3v) is 5.76. The fourth-order valence-electron chi connectivity index (χ4n) is 3.91. The number of carbonyl (C=O) groups is 1. The molecule has 164 valence electrons. The van der Waals surface area contributed by atoms with Crippen LogP contribution < -0.4 is 14.2 Å². The van der Waals surface area contributed by atoms with Crippen LogP contribution in [0.4, 0.5) is 0 Å². The zero-order valence-electron chi connectivity index (χ0n) is 17.8. The Morgan fingerprint density at radius 2 is 1.71 bits per heavy atom. The van der Waals surface area contributed by atoms with Gasteiger partial charge in [-0.05, 0) is 30.3 Å². The van der Waals surface area contributed by atoms with Gasteiger partial charge in [-0.15, -0.1) is 0 Å². The third-order valence-electron chi connectivity index (χ3n) is 5.53. The summed E-state index contributed by atoms with van der Waals surface area (Å²) in [6.45, 7) is 3.41. The number of nitrogens with zero attached hydrogens (tertiary/aromatic N) is 2. The number of ether oxygens (including phenoxy) is 3. The maximum absolute atomic E-state index is 12.9. The van der Waals surface area contributed by atoms with Crippen molar-refractivity contribution in [2.45, 2.75) is 6.54 Å². The van der Waals surface area contributed by atoms with Gasteiger partial charge in [0, 0.05) is 48.7 Å². The van der Waals surface area contributed by atoms with Crippen LogP contribution in [0.3, 0.4) is 0 Å². The Bertz CT molecular complexity index is 1090. The smallest absolute Gasteiger partial charge is 0.289 e. The molecule has 3 aromatic rings. The van der Waals surface area contributed by atoms with Gasteiger partial charge in [0.05, 0.1) is 21.3 Å². The first kappa shape index (κ1) is 21.3. The SMILES string of the molecule is COc1ccc(CN2CCN(C(=O)c3cc4cc(Cl)ccc4o3)CC2)c(OC)c1OC. The molecule has 7 nitrogen and oxygen atoms in total. The molecule has 1 fully saturated rings. The monoisotopic (exact) mass is 444 g/mol. The van der Waals surface area contributed by atoms with Crippen LogP contribution in [0.5, 0.6) is 17.2 Å². The van der Waals surface area contributed by atoms with Crippen molar-refractivity contribution in [1.82, 2.24) is 9.80 Å². The van der Waals surface area contributed by atoms with Crippen molar-refractivity contribution in [3.8, 4) is 17.2 Å². The molecule has 0 N–H and O–H groups in total. The summed E-state index contributed by atoms with van der Waals surface area (Å²) in [5.74, 6) is 2.12. The molecule has 1 aliphatic heterocycles. The van der Waals surface area contributed by atoms with Gasteiger partial charge in [-0.3, -0.25) is 9.69 Å². The topological polar surface area (TPSA) is 64.4 Å². The highest BCUT2D eigenvalue weighted by Gasteiger charge is 2.26. The first-order valence-electron chi connectivity index (χ1n) is 10.0. The van der Waals surface area contributed by atoms with E-state index in [2.05, 4.69) is 4.90 Å². The molecule has 0 bridgehead atoms. The predicted molar refractivity (Wildman–Crippen MR) is 119 cm³/mol. The molecule has 0 aliphatic carbocycles. The lowest BCUT2D eigenvalue weighted by molar-refractivity contribution is 0.0599. The lowest BCUT2D eigenvalue weighted by Gasteiger charge is -2.34. The molecule has 0 atom stereocenters. The highest BCUT2D eigenvalue weighted by atomic mass is 35.5. The van der Waals surface area contributed by atoms with Crippen LogP contribution in [0.1, 0.15) is 16.1 Å². The van der Waals surface area contributed by atoms with Crippen molar-refractivity contribution in [1.29, 1.82) is 0 Å². The van der Waals surface area contributed by atoms with Crippen molar-refractivity contribution < 1.29 is 23.4 Å². The maximum atomic E-state index is 12.9. The van der Waals surface area contributed by atoms with Gasteiger partial charge in [0.25, 0.3) is 5.91 Å². The largest absolute Gasteiger partial charge is 0.493 e. The second-order valence-corrected chi connectivity index (χ2v) is 7.79. The molecule has 8 heteroatoms. The Morgan fingerprint density at radius 3 is 2.39 bits per heavy atom. The van der Waals surface area contributed by atoms with E-state index < -0.39 is 0 Å². The number of hydrogen-bond acceptors (Lipinski definition) is 6. The highest BCUT2D eigenvalue weighted by Crippen LogP contribution is 2.40. The summed E-state index contributed by atoms with van der Waals surface area (Å²) in [6.07, 6.45) is 0. The van der Waals surface area contributed by atoms with Crippen LogP contribution in [0.25, 0.3) is 11.0 Å². The van der Waals surface area contributed by atoms with Gasteiger partial charge >= 0.3 is 0 Å². The Labute approximate surface area is 186 Å². The quantitative estimate of drug-likeness (QED) is 0.571. The minimum Gasteiger partial charge on any atom is -0.493 e. The van der Waals surface area contributed by atoms with Gasteiger partial charge in [-0.2, -0.15) is 0 Å². The zero-order chi connectivity index (χ0) is 22.0. The van der Waals surface area contributed by atoms with Crippen LogP contribution in [-0.4, -0.2) is 63.2 Å². The van der Waals surface area contributed by atoms with Gasteiger partial charge < -0.3 is 23.5 Å². The van der Waals surface area contributed by atoms with E-state index in [1.807, 2.05) is 17.0 Å². The molecule has 2 aromatic carbocycles. The Kier molecular flexibility index (Phi) is 6.25. The molecule has 31 heavy (non-hydrogen) atoms. The average Bonchev–Trinajstić information content (AvgIpc) is 3.21. The summed E-state index contributed by atoms with van der Waals surface area (Å²) >= 11 is 6.03. The number of amides is 1. The van der Waals surface area contributed by atoms with Gasteiger partial charge in [0.15, 0.2) is 17.3 Å². The number of furan rings is 1. The van der Waals surface area contributed by atoms with Gasteiger partial charge in [-0.25, -0.2) is 0 Å². The average molecular weight is 445 g/mol. The normalized spacial score (nSPS) is 14.6. The molecule has 0 spiro atoms. The molecular weight excluding hydrogens is 420 g/mol. The van der Waals surface area contributed by atoms with Crippen molar-refractivity contribution in [2.75, 3.05) is 47.5 Å². The number of fused-ring (bicyclic) bond motifs is 1. The van der Waals surface area contributed by atoms with E-state index in [1.165, 1.54) is 0 Å². The molecule has 0 unspecified atom stereocenters. The molecular formula is C23H25ClN2O5. The summed E-state index contributed by atoms with van der Waals surface area (Å²) in [7, 11) is 4.82. The van der Waals surface area contributed by atoms with E-state index in [4.69, 9.17) is 30.2 Å². The molecule has 0 saturated carbocycles. The second-order valence-electron chi connectivity index (χ2n) is 7.35. The van der Waals surface area contributed by atoms with Gasteiger partial charge in [0.2, 0.25) is 5.75 Å². The van der Waals surface area contributed by atoms with Crippen LogP contribution in [0.2, 0.25) is 5.02 Å². The fraction of sp³-hybridized carbons (Fsp3) is 0.348. The summed E-state index contributed by atoms with van der Waals surface area (Å²) in [5.41, 5.74) is 1.67. The van der Waals surface area contributed by atoms with Gasteiger partial charge in [0.1, 0.15) is 5.58 Å². The van der Waals surface area contributed by atoms with E-state index in [9.17, 15) is 4.79 Å². The number of benzene rings is 2. The van der Waals surface area contributed by atoms with Gasteiger partial charge in [-0.1, -0.05) is 17.7 Å². The molecule has 2 heterocycles. The number of hydrogen-bond donors (Lipinski definition) is 0. The number of halogens is 1. The number of carbonyl (C=O) groups excluding carboxylic acids is 1. The number of methoxy groups -OCH3 is 3. The lowest BCUT2D eigenvalue weighted by atomic mass is 10.1. The molecule has 1 saturated heterocycles. The van der Waals surface area contributed by atoms with E-state index >= 15 is 0 Å². The van der Waals surface area contributed by atoms with Crippen molar-refractivity contribution in [3.05, 3.63) is 52.7 Å². The minimum atomic E-state index is -0.101. The van der Waals surface area contributed by atoms with E-state index in [-0.39, 0.29) is 5.91 Å². The molecule has 1 aliphatic rings. The van der Waals surface area contributed by atoms with Crippen molar-refractivity contribution in [2.24, 2.45) is 0 Å². The Hall–Kier alpha value is -2.90. The van der Waals surface area contributed by atoms with E-state index in [0.29, 0.717) is 53.2 Å². The molecule has 0 radical (unpaired) electrons. The fourth-order valence-corrected chi connectivity index (χ4v) is 4.09. The summed E-state index contributed by atoms with van der Waals surface area (Å²) < 4.78 is 22.2. The van der Waals surface area contributed by atoms with Crippen LogP contribution in [0.15, 0.2) is 40.8 Å². The molecule has 1 amide bonds. The number of rotatable bonds is 6. The number of piperazine rings is 1. The first-order chi connectivity index (χ1) is 15.0. The molecule has 1 aromatic heterocycles. The Balaban J connectivity index is 1.42. The van der Waals surface area contributed by atoms with Crippen LogP contribution >= 0.6 is 11.6 Å². The maximum Gasteiger partial charge on any atom is 0.289 e. The standard InChI is InChI=1S/C23H25ClN2O5/c1-28-19-6-4-15(21(29-2)22(19)30-3)14-25-8-10-26(11-9-25)23(27)20-13-16-12-17(24)5-7-18(16)31-20/h4-7,12-13H,8-11,14H2,1-3H3. The molecule has 4 rings (SSSR count). The lowest BCUT2D eigenvalue weighted by Crippen LogP contribution is -2.48. The third kappa shape index (κ3) is 4.29. The first-order valence-corrected chi connectivity index (χ1v) is 10.4. The van der Waals surface area contributed by atoms with Crippen molar-refractivity contribution in [3.63, 3.8) is 0 Å². The minimum absolute atomic E-state index is 0.101. The van der Waals surface area contributed by atoms with Crippen LogP contribution in [0, 0.1) is 0 Å². The predicted octanol–water partition coefficient (Wildman–Crippen LogP) is 4.07. The van der Waals surface area contributed by atoms with Crippen molar-refractivity contribution >= 4 is 28.5 Å². The second kappa shape index (κ2) is 9.08. The zero-order valence-corrected chi connectivity index (χ0v) is 18.6. The highest BCUT2D eigenvalue weighted by molar-refractivity contribution is 6.31. The van der Waals surface area contributed by atoms with E-state index in [0.717, 1.165) is 24.0 Å².